The molecule has 1 aromatic carbocycles. The van der Waals surface area contributed by atoms with Crippen LogP contribution < -0.4 is 24.4 Å². The van der Waals surface area contributed by atoms with Crippen molar-refractivity contribution in [3.05, 3.63) is 23.4 Å². The molecule has 9 nitrogen and oxygen atoms in total. The molecule has 1 unspecified atom stereocenters. The number of benzene rings is 1. The van der Waals surface area contributed by atoms with Crippen LogP contribution in [0.2, 0.25) is 5.02 Å². The minimum atomic E-state index is -0.810. The van der Waals surface area contributed by atoms with Crippen molar-refractivity contribution in [3.63, 3.8) is 0 Å². The summed E-state index contributed by atoms with van der Waals surface area (Å²) in [4.78, 5) is 22.0. The monoisotopic (exact) mass is 422 g/mol. The number of halogens is 1. The van der Waals surface area contributed by atoms with Gasteiger partial charge in [-0.05, 0) is 12.8 Å². The molecule has 3 rings (SSSR count). The van der Waals surface area contributed by atoms with Crippen LogP contribution in [0.15, 0.2) is 18.3 Å². The van der Waals surface area contributed by atoms with Gasteiger partial charge in [-0.2, -0.15) is 4.98 Å². The number of ether oxygens (including phenoxy) is 3. The minimum absolute atomic E-state index is 0.316. The second-order valence-corrected chi connectivity index (χ2v) is 6.93. The molecule has 2 N–H and O–H groups in total. The van der Waals surface area contributed by atoms with Crippen LogP contribution in [0.25, 0.3) is 0 Å². The molecule has 1 aliphatic rings. The predicted molar refractivity (Wildman–Crippen MR) is 109 cm³/mol. The first-order valence-corrected chi connectivity index (χ1v) is 9.42. The smallest absolute Gasteiger partial charge is 0.308 e. The summed E-state index contributed by atoms with van der Waals surface area (Å²) < 4.78 is 16.0. The van der Waals surface area contributed by atoms with Gasteiger partial charge >= 0.3 is 5.97 Å². The molecule has 1 aromatic heterocycles. The van der Waals surface area contributed by atoms with E-state index in [2.05, 4.69) is 15.3 Å². The number of aromatic nitrogens is 2. The van der Waals surface area contributed by atoms with E-state index in [0.717, 1.165) is 6.42 Å². The lowest BCUT2D eigenvalue weighted by molar-refractivity contribution is -0.141. The summed E-state index contributed by atoms with van der Waals surface area (Å²) in [5.41, 5.74) is 0.634. The van der Waals surface area contributed by atoms with E-state index in [1.54, 1.807) is 12.1 Å². The largest absolute Gasteiger partial charge is 0.493 e. The third-order valence-electron chi connectivity index (χ3n) is 4.72. The fourth-order valence-electron chi connectivity index (χ4n) is 3.29. The number of hydrogen-bond donors (Lipinski definition) is 2. The van der Waals surface area contributed by atoms with Crippen LogP contribution in [0.5, 0.6) is 17.2 Å². The number of nitrogens with zero attached hydrogens (tertiary/aromatic N) is 3. The molecule has 1 fully saturated rings. The Labute approximate surface area is 173 Å². The number of anilines is 3. The molecule has 1 aliphatic heterocycles. The van der Waals surface area contributed by atoms with E-state index in [4.69, 9.17) is 25.8 Å². The van der Waals surface area contributed by atoms with Gasteiger partial charge < -0.3 is 29.5 Å². The Hall–Kier alpha value is -2.94. The van der Waals surface area contributed by atoms with E-state index < -0.39 is 11.9 Å². The molecule has 156 valence electrons. The van der Waals surface area contributed by atoms with Gasteiger partial charge in [-0.1, -0.05) is 11.6 Å². The first-order chi connectivity index (χ1) is 14.0. The van der Waals surface area contributed by atoms with E-state index in [0.29, 0.717) is 59.2 Å². The SMILES string of the molecule is COc1cc(Nc2ncc(Cl)c(N3CCCC(C(=O)O)C3)n2)cc(OC)c1OC. The average Bonchev–Trinajstić information content (AvgIpc) is 2.74. The maximum atomic E-state index is 11.4. The van der Waals surface area contributed by atoms with Gasteiger partial charge in [-0.25, -0.2) is 4.98 Å². The number of rotatable bonds is 7. The molecule has 2 heterocycles. The van der Waals surface area contributed by atoms with Crippen molar-refractivity contribution in [2.45, 2.75) is 12.8 Å². The van der Waals surface area contributed by atoms with Crippen molar-refractivity contribution in [2.24, 2.45) is 5.92 Å². The van der Waals surface area contributed by atoms with Crippen LogP contribution in [-0.2, 0) is 4.79 Å². The van der Waals surface area contributed by atoms with Gasteiger partial charge in [-0.15, -0.1) is 0 Å². The fraction of sp³-hybridized carbons (Fsp3) is 0.421. The van der Waals surface area contributed by atoms with Crippen molar-refractivity contribution >= 4 is 35.0 Å². The Balaban J connectivity index is 1.88. The molecular weight excluding hydrogens is 400 g/mol. The van der Waals surface area contributed by atoms with E-state index in [9.17, 15) is 9.90 Å². The van der Waals surface area contributed by atoms with Gasteiger partial charge in [0.25, 0.3) is 0 Å². The lowest BCUT2D eigenvalue weighted by Gasteiger charge is -2.32. The number of methoxy groups -OCH3 is 3. The zero-order chi connectivity index (χ0) is 21.0. The molecule has 0 spiro atoms. The van der Waals surface area contributed by atoms with Crippen molar-refractivity contribution in [3.8, 4) is 17.2 Å². The fourth-order valence-corrected chi connectivity index (χ4v) is 3.50. The van der Waals surface area contributed by atoms with Crippen LogP contribution in [-0.4, -0.2) is 55.5 Å². The highest BCUT2D eigenvalue weighted by Gasteiger charge is 2.27. The molecule has 2 aromatic rings. The molecule has 0 saturated carbocycles. The predicted octanol–water partition coefficient (Wildman–Crippen LogP) is 3.20. The van der Waals surface area contributed by atoms with Gasteiger partial charge in [0.1, 0.15) is 5.02 Å². The molecule has 0 radical (unpaired) electrons. The number of aliphatic carboxylic acids is 1. The average molecular weight is 423 g/mol. The zero-order valence-corrected chi connectivity index (χ0v) is 17.2. The van der Waals surface area contributed by atoms with Crippen molar-refractivity contribution in [1.29, 1.82) is 0 Å². The summed E-state index contributed by atoms with van der Waals surface area (Å²) in [5, 5.41) is 12.8. The Kier molecular flexibility index (Phi) is 6.48. The van der Waals surface area contributed by atoms with Gasteiger partial charge in [0, 0.05) is 30.9 Å². The number of carbonyl (C=O) groups is 1. The molecule has 0 amide bonds. The number of carboxylic acid groups (broad SMARTS) is 1. The Morgan fingerprint density at radius 3 is 2.52 bits per heavy atom. The lowest BCUT2D eigenvalue weighted by atomic mass is 9.98. The maximum Gasteiger partial charge on any atom is 0.308 e. The third kappa shape index (κ3) is 4.56. The van der Waals surface area contributed by atoms with E-state index in [1.165, 1.54) is 27.5 Å². The number of carboxylic acids is 1. The van der Waals surface area contributed by atoms with Crippen LogP contribution in [0.1, 0.15) is 12.8 Å². The highest BCUT2D eigenvalue weighted by atomic mass is 35.5. The highest BCUT2D eigenvalue weighted by Crippen LogP contribution is 2.40. The number of nitrogens with one attached hydrogen (secondary N) is 1. The summed E-state index contributed by atoms with van der Waals surface area (Å²) >= 11 is 6.30. The third-order valence-corrected chi connectivity index (χ3v) is 4.98. The molecule has 0 aliphatic carbocycles. The van der Waals surface area contributed by atoms with Crippen LogP contribution in [0.4, 0.5) is 17.5 Å². The van der Waals surface area contributed by atoms with E-state index in [-0.39, 0.29) is 0 Å². The lowest BCUT2D eigenvalue weighted by Crippen LogP contribution is -2.39. The standard InChI is InChI=1S/C19H23ClN4O5/c1-27-14-7-12(8-15(28-2)16(14)29-3)22-19-21-9-13(20)17(23-19)24-6-4-5-11(10-24)18(25)26/h7-9,11H,4-6,10H2,1-3H3,(H,25,26)(H,21,22,23). The topological polar surface area (TPSA) is 106 Å². The molecule has 1 saturated heterocycles. The summed E-state index contributed by atoms with van der Waals surface area (Å²) in [6.07, 6.45) is 2.90. The summed E-state index contributed by atoms with van der Waals surface area (Å²) in [6, 6.07) is 3.47. The molecule has 1 atom stereocenters. The molecular formula is C19H23ClN4O5. The van der Waals surface area contributed by atoms with Gasteiger partial charge in [0.2, 0.25) is 11.7 Å². The summed E-state index contributed by atoms with van der Waals surface area (Å²) in [5.74, 6) is 1.02. The molecule has 10 heteroatoms. The number of hydrogen-bond acceptors (Lipinski definition) is 8. The van der Waals surface area contributed by atoms with Gasteiger partial charge in [0.05, 0.1) is 33.4 Å². The van der Waals surface area contributed by atoms with Crippen molar-refractivity contribution in [1.82, 2.24) is 9.97 Å². The number of piperidine rings is 1. The normalized spacial score (nSPS) is 16.3. The summed E-state index contributed by atoms with van der Waals surface area (Å²) in [7, 11) is 4.60. The minimum Gasteiger partial charge on any atom is -0.493 e. The zero-order valence-electron chi connectivity index (χ0n) is 16.4. The summed E-state index contributed by atoms with van der Waals surface area (Å²) in [6.45, 7) is 1.04. The maximum absolute atomic E-state index is 11.4. The Morgan fingerprint density at radius 1 is 1.24 bits per heavy atom. The highest BCUT2D eigenvalue weighted by molar-refractivity contribution is 6.32. The quantitative estimate of drug-likeness (QED) is 0.695. The molecule has 29 heavy (non-hydrogen) atoms. The second-order valence-electron chi connectivity index (χ2n) is 6.53. The van der Waals surface area contributed by atoms with Crippen LogP contribution >= 0.6 is 11.6 Å². The van der Waals surface area contributed by atoms with E-state index in [1.807, 2.05) is 4.90 Å². The van der Waals surface area contributed by atoms with Gasteiger partial charge in [-0.3, -0.25) is 4.79 Å². The Morgan fingerprint density at radius 2 is 1.93 bits per heavy atom. The van der Waals surface area contributed by atoms with Crippen molar-refractivity contribution in [2.75, 3.05) is 44.6 Å². The Bertz CT molecular complexity index is 870. The molecule has 0 bridgehead atoms. The first kappa shape index (κ1) is 20.8. The first-order valence-electron chi connectivity index (χ1n) is 9.04. The second kappa shape index (κ2) is 9.04. The van der Waals surface area contributed by atoms with E-state index >= 15 is 0 Å². The van der Waals surface area contributed by atoms with Crippen molar-refractivity contribution < 1.29 is 24.1 Å². The van der Waals surface area contributed by atoms with Gasteiger partial charge in [0.15, 0.2) is 17.3 Å². The van der Waals surface area contributed by atoms with Crippen LogP contribution in [0.3, 0.4) is 0 Å². The van der Waals surface area contributed by atoms with Crippen LogP contribution in [0, 0.1) is 5.92 Å².